The molecular formula is C10H8N4O2S2. The van der Waals surface area contributed by atoms with Gasteiger partial charge in [0.05, 0.1) is 7.05 Å². The summed E-state index contributed by atoms with van der Waals surface area (Å²) in [5, 5.41) is 19.1. The molecule has 1 atom stereocenters. The summed E-state index contributed by atoms with van der Waals surface area (Å²) >= 11 is 5.71. The van der Waals surface area contributed by atoms with Crippen LogP contribution < -0.4 is 0 Å². The van der Waals surface area contributed by atoms with Crippen molar-refractivity contribution in [3.8, 4) is 6.07 Å². The third-order valence-corrected chi connectivity index (χ3v) is 4.18. The molecule has 0 aromatic carbocycles. The molecule has 2 aromatic heterocycles. The summed E-state index contributed by atoms with van der Waals surface area (Å²) < 4.78 is 1.39. The number of imidazole rings is 1. The zero-order valence-electron chi connectivity index (χ0n) is 9.27. The summed E-state index contributed by atoms with van der Waals surface area (Å²) in [6, 6.07) is 5.52. The standard InChI is InChI=1S/C10H8N4O2S2/c1-13-8(14(15)16)5-12-10(13)9(17)7-3-2-6(4-11)18-7/h2-3,5,9,17H,1H3. The van der Waals surface area contributed by atoms with Gasteiger partial charge in [-0.15, -0.1) is 11.3 Å². The second-order valence-electron chi connectivity index (χ2n) is 3.51. The van der Waals surface area contributed by atoms with E-state index in [1.54, 1.807) is 19.2 Å². The van der Waals surface area contributed by atoms with E-state index in [9.17, 15) is 10.1 Å². The van der Waals surface area contributed by atoms with Crippen molar-refractivity contribution in [1.29, 1.82) is 5.26 Å². The van der Waals surface area contributed by atoms with Gasteiger partial charge in [-0.1, -0.05) is 0 Å². The lowest BCUT2D eigenvalue weighted by atomic mass is 10.3. The van der Waals surface area contributed by atoms with Crippen LogP contribution in [0.5, 0.6) is 0 Å². The molecule has 0 aliphatic heterocycles. The summed E-state index contributed by atoms with van der Waals surface area (Å²) in [6.07, 6.45) is 1.21. The molecule has 2 aromatic rings. The predicted molar refractivity (Wildman–Crippen MR) is 69.7 cm³/mol. The first-order valence-electron chi connectivity index (χ1n) is 4.88. The number of nitriles is 1. The molecule has 18 heavy (non-hydrogen) atoms. The summed E-state index contributed by atoms with van der Waals surface area (Å²) in [7, 11) is 1.57. The van der Waals surface area contributed by atoms with Gasteiger partial charge in [0.15, 0.2) is 0 Å². The van der Waals surface area contributed by atoms with Crippen molar-refractivity contribution >= 4 is 29.8 Å². The van der Waals surface area contributed by atoms with E-state index in [2.05, 4.69) is 17.6 Å². The molecule has 0 saturated heterocycles. The molecule has 2 rings (SSSR count). The molecule has 0 N–H and O–H groups in total. The van der Waals surface area contributed by atoms with Crippen LogP contribution in [0.1, 0.15) is 20.8 Å². The Morgan fingerprint density at radius 1 is 1.67 bits per heavy atom. The molecule has 0 spiro atoms. The van der Waals surface area contributed by atoms with Crippen LogP contribution in [0, 0.1) is 21.4 Å². The van der Waals surface area contributed by atoms with Crippen LogP contribution >= 0.6 is 24.0 Å². The van der Waals surface area contributed by atoms with Crippen molar-refractivity contribution in [3.63, 3.8) is 0 Å². The second kappa shape index (κ2) is 4.80. The SMILES string of the molecule is Cn1c([N+](=O)[O-])cnc1C(S)c1ccc(C#N)s1. The number of nitro groups is 1. The van der Waals surface area contributed by atoms with Crippen LogP contribution in [0.25, 0.3) is 0 Å². The highest BCUT2D eigenvalue weighted by atomic mass is 32.1. The highest BCUT2D eigenvalue weighted by Gasteiger charge is 2.24. The molecule has 92 valence electrons. The van der Waals surface area contributed by atoms with Crippen LogP contribution in [-0.2, 0) is 7.05 Å². The van der Waals surface area contributed by atoms with Gasteiger partial charge >= 0.3 is 5.82 Å². The number of thiophene rings is 1. The van der Waals surface area contributed by atoms with E-state index >= 15 is 0 Å². The Balaban J connectivity index is 2.37. The van der Waals surface area contributed by atoms with Gasteiger partial charge in [0.2, 0.25) is 5.82 Å². The van der Waals surface area contributed by atoms with Gasteiger partial charge in [-0.25, -0.2) is 9.55 Å². The Labute approximate surface area is 112 Å². The molecule has 0 bridgehead atoms. The van der Waals surface area contributed by atoms with E-state index < -0.39 is 4.92 Å². The minimum Gasteiger partial charge on any atom is -0.358 e. The summed E-state index contributed by atoms with van der Waals surface area (Å²) in [5.41, 5.74) is 0. The lowest BCUT2D eigenvalue weighted by Gasteiger charge is -2.04. The molecule has 0 amide bonds. The molecule has 8 heteroatoms. The molecule has 0 radical (unpaired) electrons. The molecule has 2 heterocycles. The first kappa shape index (κ1) is 12.6. The Morgan fingerprint density at radius 3 is 2.89 bits per heavy atom. The maximum Gasteiger partial charge on any atom is 0.342 e. The zero-order valence-corrected chi connectivity index (χ0v) is 11.0. The number of thiol groups is 1. The van der Waals surface area contributed by atoms with E-state index in [4.69, 9.17) is 5.26 Å². The molecule has 1 unspecified atom stereocenters. The van der Waals surface area contributed by atoms with Gasteiger partial charge in [0.25, 0.3) is 0 Å². The van der Waals surface area contributed by atoms with Gasteiger partial charge < -0.3 is 10.1 Å². The highest BCUT2D eigenvalue weighted by molar-refractivity contribution is 7.81. The molecule has 6 nitrogen and oxygen atoms in total. The normalized spacial score (nSPS) is 12.1. The smallest absolute Gasteiger partial charge is 0.342 e. The monoisotopic (exact) mass is 280 g/mol. The summed E-state index contributed by atoms with van der Waals surface area (Å²) in [5.74, 6) is 0.400. The highest BCUT2D eigenvalue weighted by Crippen LogP contribution is 2.33. The average Bonchev–Trinajstić information content (AvgIpc) is 2.94. The molecular weight excluding hydrogens is 272 g/mol. The van der Waals surface area contributed by atoms with Gasteiger partial charge in [0, 0.05) is 4.88 Å². The van der Waals surface area contributed by atoms with Gasteiger partial charge in [-0.3, -0.25) is 0 Å². The maximum atomic E-state index is 10.7. The second-order valence-corrected chi connectivity index (χ2v) is 5.14. The van der Waals surface area contributed by atoms with E-state index in [0.29, 0.717) is 10.7 Å². The fraction of sp³-hybridized carbons (Fsp3) is 0.200. The lowest BCUT2D eigenvalue weighted by molar-refractivity contribution is -0.391. The van der Waals surface area contributed by atoms with Crippen molar-refractivity contribution < 1.29 is 4.92 Å². The van der Waals surface area contributed by atoms with Crippen molar-refractivity contribution in [2.24, 2.45) is 7.05 Å². The average molecular weight is 280 g/mol. The molecule has 0 fully saturated rings. The number of rotatable bonds is 3. The predicted octanol–water partition coefficient (Wildman–Crippen LogP) is 2.28. The Kier molecular flexibility index (Phi) is 3.36. The van der Waals surface area contributed by atoms with Gasteiger partial charge in [-0.05, 0) is 17.1 Å². The topological polar surface area (TPSA) is 84.8 Å². The van der Waals surface area contributed by atoms with Crippen LogP contribution in [0.4, 0.5) is 5.82 Å². The minimum absolute atomic E-state index is 0.0823. The van der Waals surface area contributed by atoms with Crippen molar-refractivity contribution in [3.05, 3.63) is 44.0 Å². The Hall–Kier alpha value is -1.85. The van der Waals surface area contributed by atoms with Crippen LogP contribution in [0.2, 0.25) is 0 Å². The quantitative estimate of drug-likeness (QED) is 0.531. The number of hydrogen-bond acceptors (Lipinski definition) is 6. The minimum atomic E-state index is -0.494. The summed E-state index contributed by atoms with van der Waals surface area (Å²) in [6.45, 7) is 0. The fourth-order valence-electron chi connectivity index (χ4n) is 1.53. The van der Waals surface area contributed by atoms with Crippen molar-refractivity contribution in [1.82, 2.24) is 9.55 Å². The fourth-order valence-corrected chi connectivity index (χ4v) is 2.80. The van der Waals surface area contributed by atoms with Gasteiger partial charge in [0.1, 0.15) is 22.4 Å². The van der Waals surface area contributed by atoms with E-state index in [1.165, 1.54) is 22.1 Å². The zero-order chi connectivity index (χ0) is 13.3. The molecule has 0 aliphatic rings. The Bertz CT molecular complexity index is 641. The third kappa shape index (κ3) is 2.10. The maximum absolute atomic E-state index is 10.7. The largest absolute Gasteiger partial charge is 0.358 e. The van der Waals surface area contributed by atoms with Crippen LogP contribution in [0.15, 0.2) is 18.3 Å². The van der Waals surface area contributed by atoms with Gasteiger partial charge in [-0.2, -0.15) is 17.9 Å². The first-order valence-corrected chi connectivity index (χ1v) is 6.21. The molecule has 0 saturated carbocycles. The van der Waals surface area contributed by atoms with Crippen molar-refractivity contribution in [2.75, 3.05) is 0 Å². The molecule has 0 aliphatic carbocycles. The lowest BCUT2D eigenvalue weighted by Crippen LogP contribution is -2.04. The Morgan fingerprint density at radius 2 is 2.39 bits per heavy atom. The third-order valence-electron chi connectivity index (χ3n) is 2.44. The van der Waals surface area contributed by atoms with Crippen LogP contribution in [0.3, 0.4) is 0 Å². The van der Waals surface area contributed by atoms with E-state index in [0.717, 1.165) is 4.88 Å². The number of hydrogen-bond donors (Lipinski definition) is 1. The van der Waals surface area contributed by atoms with E-state index in [1.807, 2.05) is 6.07 Å². The van der Waals surface area contributed by atoms with E-state index in [-0.39, 0.29) is 11.1 Å². The number of aromatic nitrogens is 2. The summed E-state index contributed by atoms with van der Waals surface area (Å²) in [4.78, 5) is 15.7. The van der Waals surface area contributed by atoms with Crippen molar-refractivity contribution in [2.45, 2.75) is 5.25 Å². The number of nitrogens with zero attached hydrogens (tertiary/aromatic N) is 4. The van der Waals surface area contributed by atoms with Crippen LogP contribution in [-0.4, -0.2) is 14.5 Å². The first-order chi connectivity index (χ1) is 8.54.